The Morgan fingerprint density at radius 2 is 1.92 bits per heavy atom. The molecule has 0 saturated carbocycles. The monoisotopic (exact) mass is 401 g/mol. The molecule has 1 aromatic heterocycles. The van der Waals surface area contributed by atoms with Crippen molar-refractivity contribution >= 4 is 42.1 Å². The highest BCUT2D eigenvalue weighted by atomic mass is 35.5. The maximum absolute atomic E-state index is 12.6. The van der Waals surface area contributed by atoms with Crippen molar-refractivity contribution in [3.8, 4) is 10.6 Å². The number of thiazole rings is 1. The van der Waals surface area contributed by atoms with Gasteiger partial charge in [-0.25, -0.2) is 4.98 Å². The summed E-state index contributed by atoms with van der Waals surface area (Å²) in [5, 5.41) is 6.20. The van der Waals surface area contributed by atoms with Gasteiger partial charge < -0.3 is 10.2 Å². The van der Waals surface area contributed by atoms with Crippen molar-refractivity contribution in [2.45, 2.75) is 19.8 Å². The first-order chi connectivity index (χ1) is 11.3. The van der Waals surface area contributed by atoms with Crippen LogP contribution in [0.5, 0.6) is 0 Å². The number of piperidine rings is 1. The van der Waals surface area contributed by atoms with Gasteiger partial charge in [0.1, 0.15) is 10.7 Å². The van der Waals surface area contributed by atoms with Gasteiger partial charge in [-0.15, -0.1) is 36.2 Å². The second kappa shape index (κ2) is 10.8. The molecular weight excluding hydrogens is 377 g/mol. The predicted octanol–water partition coefficient (Wildman–Crippen LogP) is 4.12. The number of aromatic nitrogens is 1. The number of hydrogen-bond donors (Lipinski definition) is 1. The lowest BCUT2D eigenvalue weighted by Gasteiger charge is -2.31. The van der Waals surface area contributed by atoms with E-state index in [1.807, 2.05) is 40.6 Å². The van der Waals surface area contributed by atoms with Crippen LogP contribution in [0, 0.1) is 5.92 Å². The van der Waals surface area contributed by atoms with Crippen LogP contribution in [-0.4, -0.2) is 42.0 Å². The zero-order valence-electron chi connectivity index (χ0n) is 14.3. The van der Waals surface area contributed by atoms with Crippen molar-refractivity contribution < 1.29 is 4.79 Å². The highest BCUT2D eigenvalue weighted by Crippen LogP contribution is 2.25. The lowest BCUT2D eigenvalue weighted by molar-refractivity contribution is 0.0685. The molecule has 25 heavy (non-hydrogen) atoms. The van der Waals surface area contributed by atoms with Crippen LogP contribution in [0.4, 0.5) is 0 Å². The molecule has 1 aliphatic heterocycles. The number of benzene rings is 1. The van der Waals surface area contributed by atoms with Crippen LogP contribution in [0.3, 0.4) is 0 Å². The van der Waals surface area contributed by atoms with E-state index in [1.165, 1.54) is 11.3 Å². The summed E-state index contributed by atoms with van der Waals surface area (Å²) in [6, 6.07) is 10.0. The number of likely N-dealkylation sites (tertiary alicyclic amines) is 1. The molecule has 1 N–H and O–H groups in total. The number of hydrogen-bond acceptors (Lipinski definition) is 4. The molecule has 0 bridgehead atoms. The number of amides is 1. The minimum Gasteiger partial charge on any atom is -0.337 e. The summed E-state index contributed by atoms with van der Waals surface area (Å²) in [6.45, 7) is 5.89. The molecule has 0 atom stereocenters. The summed E-state index contributed by atoms with van der Waals surface area (Å²) in [5.41, 5.74) is 1.65. The fraction of sp³-hybridized carbons (Fsp3) is 0.444. The fourth-order valence-electron chi connectivity index (χ4n) is 2.94. The van der Waals surface area contributed by atoms with Crippen molar-refractivity contribution in [1.29, 1.82) is 0 Å². The molecule has 2 heterocycles. The minimum absolute atomic E-state index is 0. The average molecular weight is 402 g/mol. The molecule has 1 saturated heterocycles. The Hall–Kier alpha value is -1.14. The lowest BCUT2D eigenvalue weighted by Crippen LogP contribution is -2.40. The maximum Gasteiger partial charge on any atom is 0.273 e. The standard InChI is InChI=1S/C18H23N3OS.2ClH/c1-2-19-12-14-8-10-21(11-9-14)18(22)16-13-23-17(20-16)15-6-4-3-5-7-15;;/h3-7,13-14,19H,2,8-12H2,1H3;2*1H. The molecular formula is C18H25Cl2N3OS. The van der Waals surface area contributed by atoms with Crippen LogP contribution in [0.1, 0.15) is 30.3 Å². The van der Waals surface area contributed by atoms with E-state index in [-0.39, 0.29) is 30.7 Å². The average Bonchev–Trinajstić information content (AvgIpc) is 3.11. The second-order valence-corrected chi connectivity index (χ2v) is 6.81. The zero-order valence-corrected chi connectivity index (χ0v) is 16.8. The van der Waals surface area contributed by atoms with Crippen LogP contribution < -0.4 is 5.32 Å². The van der Waals surface area contributed by atoms with Crippen LogP contribution in [0.25, 0.3) is 10.6 Å². The molecule has 0 radical (unpaired) electrons. The summed E-state index contributed by atoms with van der Waals surface area (Å²) in [5.74, 6) is 0.764. The van der Waals surface area contributed by atoms with E-state index in [0.717, 1.165) is 49.6 Å². The highest BCUT2D eigenvalue weighted by molar-refractivity contribution is 7.13. The zero-order chi connectivity index (χ0) is 16.1. The number of halogens is 2. The SMILES string of the molecule is CCNCC1CCN(C(=O)c2csc(-c3ccccc3)n2)CC1.Cl.Cl. The summed E-state index contributed by atoms with van der Waals surface area (Å²) in [4.78, 5) is 19.1. The van der Waals surface area contributed by atoms with Crippen molar-refractivity contribution in [1.82, 2.24) is 15.2 Å². The van der Waals surface area contributed by atoms with Gasteiger partial charge in [0, 0.05) is 24.0 Å². The number of rotatable bonds is 5. The molecule has 1 fully saturated rings. The largest absolute Gasteiger partial charge is 0.337 e. The maximum atomic E-state index is 12.6. The topological polar surface area (TPSA) is 45.2 Å². The van der Waals surface area contributed by atoms with E-state index in [1.54, 1.807) is 0 Å². The first-order valence-electron chi connectivity index (χ1n) is 8.29. The van der Waals surface area contributed by atoms with E-state index in [0.29, 0.717) is 11.6 Å². The molecule has 7 heteroatoms. The predicted molar refractivity (Wildman–Crippen MR) is 109 cm³/mol. The van der Waals surface area contributed by atoms with E-state index in [2.05, 4.69) is 17.2 Å². The van der Waals surface area contributed by atoms with E-state index >= 15 is 0 Å². The van der Waals surface area contributed by atoms with Gasteiger partial charge in [0.15, 0.2) is 0 Å². The van der Waals surface area contributed by atoms with Crippen molar-refractivity contribution in [3.63, 3.8) is 0 Å². The van der Waals surface area contributed by atoms with E-state index in [9.17, 15) is 4.79 Å². The van der Waals surface area contributed by atoms with Gasteiger partial charge >= 0.3 is 0 Å². The fourth-order valence-corrected chi connectivity index (χ4v) is 3.74. The second-order valence-electron chi connectivity index (χ2n) is 5.95. The third kappa shape index (κ3) is 5.68. The number of carbonyl (C=O) groups excluding carboxylic acids is 1. The molecule has 1 aliphatic rings. The van der Waals surface area contributed by atoms with Gasteiger partial charge in [-0.2, -0.15) is 0 Å². The summed E-state index contributed by atoms with van der Waals surface area (Å²) in [6.07, 6.45) is 2.16. The normalized spacial score (nSPS) is 14.5. The van der Waals surface area contributed by atoms with Crippen LogP contribution in [-0.2, 0) is 0 Å². The molecule has 0 unspecified atom stereocenters. The van der Waals surface area contributed by atoms with Gasteiger partial charge in [-0.1, -0.05) is 37.3 Å². The summed E-state index contributed by atoms with van der Waals surface area (Å²) >= 11 is 1.54. The van der Waals surface area contributed by atoms with Gasteiger partial charge in [0.2, 0.25) is 0 Å². The minimum atomic E-state index is 0. The number of nitrogens with zero attached hydrogens (tertiary/aromatic N) is 2. The van der Waals surface area contributed by atoms with Crippen LogP contribution in [0.2, 0.25) is 0 Å². The molecule has 1 aromatic carbocycles. The third-order valence-corrected chi connectivity index (χ3v) is 5.22. The first-order valence-corrected chi connectivity index (χ1v) is 9.17. The first kappa shape index (κ1) is 21.9. The molecule has 0 spiro atoms. The van der Waals surface area contributed by atoms with Gasteiger partial charge in [0.05, 0.1) is 0 Å². The Morgan fingerprint density at radius 3 is 2.56 bits per heavy atom. The quantitative estimate of drug-likeness (QED) is 0.819. The van der Waals surface area contributed by atoms with Crippen LogP contribution in [0.15, 0.2) is 35.7 Å². The van der Waals surface area contributed by atoms with Gasteiger partial charge in [-0.3, -0.25) is 4.79 Å². The molecule has 2 aromatic rings. The molecule has 3 rings (SSSR count). The Balaban J connectivity index is 0.00000156. The van der Waals surface area contributed by atoms with Gasteiger partial charge in [-0.05, 0) is 31.8 Å². The Labute approximate surface area is 165 Å². The van der Waals surface area contributed by atoms with E-state index in [4.69, 9.17) is 0 Å². The molecule has 4 nitrogen and oxygen atoms in total. The molecule has 1 amide bonds. The summed E-state index contributed by atoms with van der Waals surface area (Å²) < 4.78 is 0. The van der Waals surface area contributed by atoms with Crippen molar-refractivity contribution in [2.24, 2.45) is 5.92 Å². The number of nitrogens with one attached hydrogen (secondary N) is 1. The lowest BCUT2D eigenvalue weighted by atomic mass is 9.96. The van der Waals surface area contributed by atoms with Gasteiger partial charge in [0.25, 0.3) is 5.91 Å². The van der Waals surface area contributed by atoms with Crippen LogP contribution >= 0.6 is 36.2 Å². The Bertz CT molecular complexity index is 643. The van der Waals surface area contributed by atoms with Crippen molar-refractivity contribution in [3.05, 3.63) is 41.4 Å². The Kier molecular flexibility index (Phi) is 9.43. The Morgan fingerprint density at radius 1 is 1.24 bits per heavy atom. The highest BCUT2D eigenvalue weighted by Gasteiger charge is 2.24. The number of carbonyl (C=O) groups is 1. The third-order valence-electron chi connectivity index (χ3n) is 4.33. The smallest absolute Gasteiger partial charge is 0.273 e. The summed E-state index contributed by atoms with van der Waals surface area (Å²) in [7, 11) is 0. The van der Waals surface area contributed by atoms with E-state index < -0.39 is 0 Å². The van der Waals surface area contributed by atoms with Crippen molar-refractivity contribution in [2.75, 3.05) is 26.2 Å². The molecule has 138 valence electrons. The molecule has 0 aliphatic carbocycles.